The van der Waals surface area contributed by atoms with Crippen LogP contribution in [0.3, 0.4) is 0 Å². The van der Waals surface area contributed by atoms with Gasteiger partial charge in [0.25, 0.3) is 0 Å². The van der Waals surface area contributed by atoms with Crippen LogP contribution in [0.5, 0.6) is 5.75 Å². The quantitative estimate of drug-likeness (QED) is 0.170. The Balaban J connectivity index is 2.01. The maximum absolute atomic E-state index is 12.9. The number of carbonyl (C=O) groups excluding carboxylic acids is 1. The lowest BCUT2D eigenvalue weighted by atomic mass is 9.73. The summed E-state index contributed by atoms with van der Waals surface area (Å²) >= 11 is 0. The fourth-order valence-corrected chi connectivity index (χ4v) is 4.08. The molecule has 10 nitrogen and oxygen atoms in total. The highest BCUT2D eigenvalue weighted by Gasteiger charge is 2.48. The molecule has 0 saturated heterocycles. The number of nitrogens with two attached hydrogens (primary N) is 2. The Kier molecular flexibility index (Phi) is 5.13. The molecule has 1 unspecified atom stereocenters. The summed E-state index contributed by atoms with van der Waals surface area (Å²) in [6.07, 6.45) is 0.888. The molecule has 0 bridgehead atoms. The number of carboxylic acids is 1. The maximum atomic E-state index is 12.9. The van der Waals surface area contributed by atoms with Gasteiger partial charge in [0.15, 0.2) is 5.41 Å². The third-order valence-corrected chi connectivity index (χ3v) is 5.65. The molecule has 0 aliphatic heterocycles. The van der Waals surface area contributed by atoms with Crippen molar-refractivity contribution in [1.29, 1.82) is 5.41 Å². The highest BCUT2D eigenvalue weighted by molar-refractivity contribution is 5.99. The smallest absolute Gasteiger partial charge is 0.307 e. The van der Waals surface area contributed by atoms with Crippen molar-refractivity contribution in [2.45, 2.75) is 18.3 Å². The minimum Gasteiger partial charge on any atom is -0.510 e. The predicted octanol–water partition coefficient (Wildman–Crippen LogP) is 2.05. The number of para-hydroxylation sites is 1. The number of amides is 1. The summed E-state index contributed by atoms with van der Waals surface area (Å²) in [6.45, 7) is 0. The van der Waals surface area contributed by atoms with Gasteiger partial charge in [-0.25, -0.2) is 4.98 Å². The first-order chi connectivity index (χ1) is 15.6. The minimum atomic E-state index is -2.00. The number of aromatic amines is 1. The highest BCUT2D eigenvalue weighted by Crippen LogP contribution is 2.45. The minimum absolute atomic E-state index is 0.0144. The summed E-state index contributed by atoms with van der Waals surface area (Å²) in [6, 6.07) is 11.0. The summed E-state index contributed by atoms with van der Waals surface area (Å²) in [5.41, 5.74) is 11.3. The Morgan fingerprint density at radius 2 is 1.88 bits per heavy atom. The van der Waals surface area contributed by atoms with Gasteiger partial charge in [-0.05, 0) is 30.7 Å². The Morgan fingerprint density at radius 1 is 1.15 bits per heavy atom. The van der Waals surface area contributed by atoms with E-state index in [1.165, 1.54) is 12.1 Å². The number of aromatic hydroxyl groups is 1. The van der Waals surface area contributed by atoms with Crippen molar-refractivity contribution < 1.29 is 24.9 Å². The van der Waals surface area contributed by atoms with Crippen molar-refractivity contribution in [3.8, 4) is 5.75 Å². The van der Waals surface area contributed by atoms with Crippen LogP contribution in [0.2, 0.25) is 0 Å². The molecule has 0 radical (unpaired) electrons. The number of nitrogens with zero attached hydrogens (tertiary/aromatic N) is 1. The number of fused-ring (bicyclic) bond motifs is 1. The number of aromatic nitrogens is 2. The van der Waals surface area contributed by atoms with Crippen molar-refractivity contribution in [2.24, 2.45) is 11.5 Å². The summed E-state index contributed by atoms with van der Waals surface area (Å²) in [5.74, 6) is -2.92. The van der Waals surface area contributed by atoms with E-state index < -0.39 is 29.5 Å². The van der Waals surface area contributed by atoms with Crippen LogP contribution >= 0.6 is 0 Å². The first-order valence-electron chi connectivity index (χ1n) is 9.91. The first-order valence-corrected chi connectivity index (χ1v) is 9.91. The van der Waals surface area contributed by atoms with E-state index in [0.29, 0.717) is 22.2 Å². The van der Waals surface area contributed by atoms with E-state index in [0.717, 1.165) is 0 Å². The number of rotatable bonds is 6. The van der Waals surface area contributed by atoms with Gasteiger partial charge in [-0.2, -0.15) is 0 Å². The fourth-order valence-electron chi connectivity index (χ4n) is 4.08. The average Bonchev–Trinajstić information content (AvgIpc) is 3.18. The number of hydrogen-bond donors (Lipinski definition) is 7. The number of amidine groups is 1. The van der Waals surface area contributed by atoms with Gasteiger partial charge in [0.1, 0.15) is 23.2 Å². The van der Waals surface area contributed by atoms with Crippen LogP contribution in [0.4, 0.5) is 0 Å². The first kappa shape index (κ1) is 21.6. The number of carbonyl (C=O) groups is 2. The predicted molar refractivity (Wildman–Crippen MR) is 121 cm³/mol. The Hall–Kier alpha value is -4.60. The molecule has 0 fully saturated rings. The molecule has 10 heteroatoms. The number of aliphatic carboxylic acids is 1. The van der Waals surface area contributed by atoms with E-state index in [4.69, 9.17) is 16.9 Å². The van der Waals surface area contributed by atoms with Crippen LogP contribution in [-0.4, -0.2) is 43.0 Å². The summed E-state index contributed by atoms with van der Waals surface area (Å²) in [4.78, 5) is 31.8. The maximum Gasteiger partial charge on any atom is 0.307 e. The molecule has 1 amide bonds. The lowest BCUT2D eigenvalue weighted by Crippen LogP contribution is -2.44. The van der Waals surface area contributed by atoms with E-state index in [1.807, 2.05) is 0 Å². The largest absolute Gasteiger partial charge is 0.510 e. The monoisotopic (exact) mass is 447 g/mol. The fraction of sp³-hybridized carbons (Fsp3) is 0.130. The zero-order valence-electron chi connectivity index (χ0n) is 17.3. The van der Waals surface area contributed by atoms with Crippen LogP contribution in [0.1, 0.15) is 29.8 Å². The van der Waals surface area contributed by atoms with Crippen LogP contribution in [0, 0.1) is 5.41 Å². The molecule has 9 N–H and O–H groups in total. The molecule has 0 saturated carbocycles. The van der Waals surface area contributed by atoms with Gasteiger partial charge in [-0.1, -0.05) is 29.8 Å². The zero-order chi connectivity index (χ0) is 23.9. The molecule has 3 aromatic rings. The lowest BCUT2D eigenvalue weighted by Gasteiger charge is -2.32. The lowest BCUT2D eigenvalue weighted by molar-refractivity contribution is -0.136. The van der Waals surface area contributed by atoms with E-state index >= 15 is 0 Å². The molecule has 1 heterocycles. The Bertz CT molecular complexity index is 1390. The highest BCUT2D eigenvalue weighted by atomic mass is 16.4. The number of nitrogens with one attached hydrogen (secondary N) is 2. The molecule has 33 heavy (non-hydrogen) atoms. The molecule has 2 aromatic carbocycles. The van der Waals surface area contributed by atoms with Gasteiger partial charge in [0, 0.05) is 16.7 Å². The number of primary amides is 1. The molecular formula is C23H21N5O5. The van der Waals surface area contributed by atoms with E-state index in [2.05, 4.69) is 9.97 Å². The molecule has 1 aliphatic rings. The number of carboxylic acid groups (broad SMARTS) is 1. The molecular weight excluding hydrogens is 426 g/mol. The third kappa shape index (κ3) is 3.57. The van der Waals surface area contributed by atoms with Crippen molar-refractivity contribution in [2.75, 3.05) is 0 Å². The number of imidazole rings is 1. The standard InChI is InChI=1S/C23H21N5O5/c24-20(25)12-5-6-15-16(9-12)28-22(27-15)23(21(26)33)10-11(8-18(30)31)7-14(19(23)32)13-3-1-2-4-17(13)29/h1-6,9-10,29,32H,7-8H2,(H3,24,25)(H2,26,33)(H,27,28)(H,30,31). The molecule has 1 aliphatic carbocycles. The van der Waals surface area contributed by atoms with Crippen molar-refractivity contribution >= 4 is 34.3 Å². The number of aliphatic hydroxyl groups excluding tert-OH is 1. The van der Waals surface area contributed by atoms with Gasteiger partial charge in [-0.15, -0.1) is 0 Å². The van der Waals surface area contributed by atoms with Gasteiger partial charge in [0.2, 0.25) is 5.91 Å². The van der Waals surface area contributed by atoms with Crippen LogP contribution in [-0.2, 0) is 15.0 Å². The number of phenolic OH excluding ortho intramolecular Hbond substituents is 1. The average molecular weight is 447 g/mol. The Morgan fingerprint density at radius 3 is 2.52 bits per heavy atom. The molecule has 4 rings (SSSR count). The molecule has 168 valence electrons. The summed E-state index contributed by atoms with van der Waals surface area (Å²) < 4.78 is 0. The SMILES string of the molecule is N=C(N)c1ccc2nc(C3(C(N)=O)C=C(CC(=O)O)CC(c4ccccc4O)=C3O)[nH]c2c1. The van der Waals surface area contributed by atoms with Crippen LogP contribution in [0.15, 0.2) is 59.9 Å². The van der Waals surface area contributed by atoms with Crippen LogP contribution < -0.4 is 11.5 Å². The van der Waals surface area contributed by atoms with E-state index in [9.17, 15) is 24.9 Å². The Labute approximate surface area is 187 Å². The van der Waals surface area contributed by atoms with Crippen molar-refractivity contribution in [1.82, 2.24) is 9.97 Å². The van der Waals surface area contributed by atoms with Crippen molar-refractivity contribution in [3.63, 3.8) is 0 Å². The topological polar surface area (TPSA) is 199 Å². The van der Waals surface area contributed by atoms with Gasteiger partial charge >= 0.3 is 5.97 Å². The zero-order valence-corrected chi connectivity index (χ0v) is 17.3. The molecule has 1 aromatic heterocycles. The number of allylic oxidation sites excluding steroid dienone is 1. The molecule has 1 atom stereocenters. The third-order valence-electron chi connectivity index (χ3n) is 5.65. The number of phenols is 1. The normalized spacial score (nSPS) is 18.2. The summed E-state index contributed by atoms with van der Waals surface area (Å²) in [5, 5.41) is 38.7. The number of hydrogen-bond acceptors (Lipinski definition) is 6. The van der Waals surface area contributed by atoms with Gasteiger partial charge < -0.3 is 31.8 Å². The molecule has 0 spiro atoms. The van der Waals surface area contributed by atoms with E-state index in [1.54, 1.807) is 36.4 Å². The second kappa shape index (κ2) is 7.83. The summed E-state index contributed by atoms with van der Waals surface area (Å²) in [7, 11) is 0. The van der Waals surface area contributed by atoms with E-state index in [-0.39, 0.29) is 35.0 Å². The van der Waals surface area contributed by atoms with Crippen molar-refractivity contribution in [3.05, 3.63) is 76.8 Å². The second-order valence-electron chi connectivity index (χ2n) is 7.80. The number of H-pyrrole nitrogens is 1. The van der Waals surface area contributed by atoms with Gasteiger partial charge in [0.05, 0.1) is 17.5 Å². The number of nitrogen functional groups attached to an aromatic ring is 1. The second-order valence-corrected chi connectivity index (χ2v) is 7.80. The van der Waals surface area contributed by atoms with Gasteiger partial charge in [-0.3, -0.25) is 15.0 Å². The van der Waals surface area contributed by atoms with Crippen LogP contribution in [0.25, 0.3) is 16.6 Å². The number of aliphatic hydroxyl groups is 1. The number of benzene rings is 2.